The van der Waals surface area contributed by atoms with Crippen LogP contribution in [-0.2, 0) is 4.79 Å². The van der Waals surface area contributed by atoms with Gasteiger partial charge in [0, 0.05) is 46.3 Å². The SMILES string of the molecule is CN(C)CCN(C)C(=O)N1CCCN(CC(=O)O)CC1. The molecule has 1 heterocycles. The summed E-state index contributed by atoms with van der Waals surface area (Å²) in [4.78, 5) is 30.5. The van der Waals surface area contributed by atoms with E-state index < -0.39 is 5.97 Å². The molecule has 1 aliphatic heterocycles. The zero-order valence-corrected chi connectivity index (χ0v) is 12.7. The Hall–Kier alpha value is -1.34. The number of nitrogens with zero attached hydrogens (tertiary/aromatic N) is 4. The van der Waals surface area contributed by atoms with Crippen molar-refractivity contribution >= 4 is 12.0 Å². The Labute approximate surface area is 120 Å². The molecule has 0 spiro atoms. The molecule has 0 atom stereocenters. The minimum atomic E-state index is -0.812. The van der Waals surface area contributed by atoms with E-state index in [1.165, 1.54) is 0 Å². The van der Waals surface area contributed by atoms with Crippen molar-refractivity contribution in [1.29, 1.82) is 0 Å². The van der Waals surface area contributed by atoms with Gasteiger partial charge in [-0.15, -0.1) is 0 Å². The predicted molar refractivity (Wildman–Crippen MR) is 76.8 cm³/mol. The molecule has 0 aromatic carbocycles. The van der Waals surface area contributed by atoms with Crippen LogP contribution in [0.3, 0.4) is 0 Å². The highest BCUT2D eigenvalue weighted by molar-refractivity contribution is 5.74. The molecule has 1 saturated heterocycles. The fourth-order valence-electron chi connectivity index (χ4n) is 2.20. The van der Waals surface area contributed by atoms with Crippen molar-refractivity contribution in [3.05, 3.63) is 0 Å². The minimum Gasteiger partial charge on any atom is -0.480 e. The van der Waals surface area contributed by atoms with Crippen LogP contribution in [0.5, 0.6) is 0 Å². The molecule has 2 amide bonds. The van der Waals surface area contributed by atoms with Gasteiger partial charge in [0.25, 0.3) is 0 Å². The van der Waals surface area contributed by atoms with Gasteiger partial charge in [0.1, 0.15) is 0 Å². The number of urea groups is 1. The smallest absolute Gasteiger partial charge is 0.319 e. The molecule has 7 heteroatoms. The number of carboxylic acids is 1. The highest BCUT2D eigenvalue weighted by Gasteiger charge is 2.22. The van der Waals surface area contributed by atoms with Gasteiger partial charge in [0.2, 0.25) is 0 Å². The summed E-state index contributed by atoms with van der Waals surface area (Å²) >= 11 is 0. The Morgan fingerprint density at radius 2 is 1.75 bits per heavy atom. The zero-order chi connectivity index (χ0) is 15.1. The summed E-state index contributed by atoms with van der Waals surface area (Å²) in [5, 5.41) is 8.81. The molecule has 1 N–H and O–H groups in total. The number of rotatable bonds is 5. The topological polar surface area (TPSA) is 67.3 Å². The molecule has 1 rings (SSSR count). The lowest BCUT2D eigenvalue weighted by molar-refractivity contribution is -0.138. The summed E-state index contributed by atoms with van der Waals surface area (Å²) in [6.07, 6.45) is 0.820. The molecule has 0 radical (unpaired) electrons. The number of amides is 2. The molecular formula is C13H26N4O3. The average molecular weight is 286 g/mol. The third-order valence-corrected chi connectivity index (χ3v) is 3.43. The summed E-state index contributed by atoms with van der Waals surface area (Å²) < 4.78 is 0. The highest BCUT2D eigenvalue weighted by atomic mass is 16.4. The monoisotopic (exact) mass is 286 g/mol. The molecule has 0 aliphatic carbocycles. The van der Waals surface area contributed by atoms with Crippen LogP contribution in [-0.4, -0.2) is 104 Å². The Bertz CT molecular complexity index is 336. The molecule has 1 aliphatic rings. The molecule has 20 heavy (non-hydrogen) atoms. The molecule has 0 aromatic heterocycles. The van der Waals surface area contributed by atoms with Crippen LogP contribution in [0.1, 0.15) is 6.42 Å². The van der Waals surface area contributed by atoms with Gasteiger partial charge in [0.15, 0.2) is 0 Å². The zero-order valence-electron chi connectivity index (χ0n) is 12.7. The maximum atomic E-state index is 12.3. The average Bonchev–Trinajstić information content (AvgIpc) is 2.60. The maximum Gasteiger partial charge on any atom is 0.319 e. The van der Waals surface area contributed by atoms with Gasteiger partial charge in [0.05, 0.1) is 6.54 Å². The van der Waals surface area contributed by atoms with Gasteiger partial charge in [-0.2, -0.15) is 0 Å². The van der Waals surface area contributed by atoms with E-state index >= 15 is 0 Å². The Balaban J connectivity index is 2.43. The van der Waals surface area contributed by atoms with E-state index in [4.69, 9.17) is 5.11 Å². The first-order valence-corrected chi connectivity index (χ1v) is 6.99. The van der Waals surface area contributed by atoms with Gasteiger partial charge < -0.3 is 19.8 Å². The number of aliphatic carboxylic acids is 1. The number of likely N-dealkylation sites (N-methyl/N-ethyl adjacent to an activating group) is 2. The standard InChI is InChI=1S/C13H26N4O3/c1-14(2)7-8-15(3)13(20)17-6-4-5-16(9-10-17)11-12(18)19/h4-11H2,1-3H3,(H,18,19). The molecule has 7 nitrogen and oxygen atoms in total. The lowest BCUT2D eigenvalue weighted by Gasteiger charge is -2.28. The van der Waals surface area contributed by atoms with E-state index in [2.05, 4.69) is 0 Å². The summed E-state index contributed by atoms with van der Waals surface area (Å²) in [6.45, 7) is 4.23. The van der Waals surface area contributed by atoms with E-state index in [1.54, 1.807) is 4.90 Å². The van der Waals surface area contributed by atoms with E-state index in [0.29, 0.717) is 26.2 Å². The van der Waals surface area contributed by atoms with E-state index in [0.717, 1.165) is 19.5 Å². The number of hydrogen-bond donors (Lipinski definition) is 1. The second-order valence-electron chi connectivity index (χ2n) is 5.52. The fourth-order valence-corrected chi connectivity index (χ4v) is 2.20. The van der Waals surface area contributed by atoms with Crippen molar-refractivity contribution < 1.29 is 14.7 Å². The lowest BCUT2D eigenvalue weighted by Crippen LogP contribution is -2.45. The molecule has 1 fully saturated rings. The highest BCUT2D eigenvalue weighted by Crippen LogP contribution is 2.05. The lowest BCUT2D eigenvalue weighted by atomic mass is 10.4. The quantitative estimate of drug-likeness (QED) is 0.751. The third-order valence-electron chi connectivity index (χ3n) is 3.43. The molecule has 0 bridgehead atoms. The molecule has 0 aromatic rings. The molecule has 0 unspecified atom stereocenters. The van der Waals surface area contributed by atoms with E-state index in [1.807, 2.05) is 35.8 Å². The van der Waals surface area contributed by atoms with Crippen molar-refractivity contribution in [2.75, 3.05) is 67.0 Å². The van der Waals surface area contributed by atoms with Crippen LogP contribution in [0, 0.1) is 0 Å². The van der Waals surface area contributed by atoms with Crippen LogP contribution >= 0.6 is 0 Å². The second-order valence-corrected chi connectivity index (χ2v) is 5.52. The third kappa shape index (κ3) is 5.75. The van der Waals surface area contributed by atoms with Crippen molar-refractivity contribution in [2.24, 2.45) is 0 Å². The number of hydrogen-bond acceptors (Lipinski definition) is 4. The normalized spacial score (nSPS) is 17.1. The van der Waals surface area contributed by atoms with Crippen LogP contribution in [0.15, 0.2) is 0 Å². The van der Waals surface area contributed by atoms with Crippen LogP contribution in [0.25, 0.3) is 0 Å². The van der Waals surface area contributed by atoms with Crippen molar-refractivity contribution in [2.45, 2.75) is 6.42 Å². The first kappa shape index (κ1) is 16.7. The largest absolute Gasteiger partial charge is 0.480 e. The summed E-state index contributed by atoms with van der Waals surface area (Å²) in [6, 6.07) is 0.0315. The van der Waals surface area contributed by atoms with Gasteiger partial charge in [-0.25, -0.2) is 4.79 Å². The fraction of sp³-hybridized carbons (Fsp3) is 0.846. The molecular weight excluding hydrogens is 260 g/mol. The minimum absolute atomic E-state index is 0.0315. The summed E-state index contributed by atoms with van der Waals surface area (Å²) in [5.41, 5.74) is 0. The predicted octanol–water partition coefficient (Wildman–Crippen LogP) is -0.308. The Morgan fingerprint density at radius 1 is 1.05 bits per heavy atom. The van der Waals surface area contributed by atoms with Crippen molar-refractivity contribution in [1.82, 2.24) is 19.6 Å². The Kier molecular flexibility index (Phi) is 6.74. The summed E-state index contributed by atoms with van der Waals surface area (Å²) in [5.74, 6) is -0.812. The van der Waals surface area contributed by atoms with Crippen LogP contribution < -0.4 is 0 Å². The first-order chi connectivity index (χ1) is 9.40. The van der Waals surface area contributed by atoms with E-state index in [-0.39, 0.29) is 12.6 Å². The van der Waals surface area contributed by atoms with Gasteiger partial charge in [-0.3, -0.25) is 9.69 Å². The van der Waals surface area contributed by atoms with Crippen molar-refractivity contribution in [3.8, 4) is 0 Å². The van der Waals surface area contributed by atoms with Crippen LogP contribution in [0.4, 0.5) is 4.79 Å². The Morgan fingerprint density at radius 3 is 2.35 bits per heavy atom. The number of carbonyl (C=O) groups excluding carboxylic acids is 1. The maximum absolute atomic E-state index is 12.3. The number of carbonyl (C=O) groups is 2. The van der Waals surface area contributed by atoms with E-state index in [9.17, 15) is 9.59 Å². The van der Waals surface area contributed by atoms with Crippen LogP contribution in [0.2, 0.25) is 0 Å². The van der Waals surface area contributed by atoms with Gasteiger partial charge in [-0.1, -0.05) is 0 Å². The summed E-state index contributed by atoms with van der Waals surface area (Å²) in [7, 11) is 5.77. The second kappa shape index (κ2) is 8.06. The number of carboxylic acid groups (broad SMARTS) is 1. The first-order valence-electron chi connectivity index (χ1n) is 6.99. The molecule has 0 saturated carbocycles. The van der Waals surface area contributed by atoms with Gasteiger partial charge in [-0.05, 0) is 20.5 Å². The molecule has 116 valence electrons. The van der Waals surface area contributed by atoms with Gasteiger partial charge >= 0.3 is 12.0 Å². The van der Waals surface area contributed by atoms with Crippen molar-refractivity contribution in [3.63, 3.8) is 0 Å².